The van der Waals surface area contributed by atoms with E-state index >= 15 is 0 Å². The molecule has 3 aromatic rings. The zero-order valence-corrected chi connectivity index (χ0v) is 17.1. The van der Waals surface area contributed by atoms with Crippen LogP contribution in [0.1, 0.15) is 60.7 Å². The van der Waals surface area contributed by atoms with Crippen molar-refractivity contribution in [3.8, 4) is 0 Å². The molecule has 1 aliphatic rings. The Kier molecular flexibility index (Phi) is 5.17. The smallest absolute Gasteiger partial charge is 0.163 e. The molecular formula is C27H28O. The largest absolute Gasteiger partial charge is 0.294 e. The van der Waals surface area contributed by atoms with Gasteiger partial charge in [0, 0.05) is 12.0 Å². The van der Waals surface area contributed by atoms with Crippen LogP contribution in [0.15, 0.2) is 60.2 Å². The summed E-state index contributed by atoms with van der Waals surface area (Å²) in [7, 11) is 0. The summed E-state index contributed by atoms with van der Waals surface area (Å²) in [5.41, 5.74) is 6.23. The average Bonchev–Trinajstić information content (AvgIpc) is 3.08. The molecule has 4 rings (SSSR count). The number of benzene rings is 3. The van der Waals surface area contributed by atoms with Gasteiger partial charge in [-0.05, 0) is 71.3 Å². The summed E-state index contributed by atoms with van der Waals surface area (Å²) < 4.78 is 0. The Bertz CT molecular complexity index is 1130. The third-order valence-corrected chi connectivity index (χ3v) is 5.89. The van der Waals surface area contributed by atoms with E-state index in [0.29, 0.717) is 12.2 Å². The first kappa shape index (κ1) is 18.7. The molecule has 0 saturated carbocycles. The van der Waals surface area contributed by atoms with Gasteiger partial charge in [0.15, 0.2) is 5.78 Å². The molecule has 0 heterocycles. The average molecular weight is 369 g/mol. The summed E-state index contributed by atoms with van der Waals surface area (Å²) in [6.45, 7) is 6.43. The van der Waals surface area contributed by atoms with Gasteiger partial charge in [-0.25, -0.2) is 0 Å². The number of carbonyl (C=O) groups excluding carboxylic acids is 1. The molecule has 0 spiro atoms. The molecule has 0 fully saturated rings. The molecule has 0 amide bonds. The standard InChI is InChI=1S/C27H28O/c1-4-6-18(3)8-9-19-10-11-21-17-20(7-5-2)22-12-13-23-24(14-15-26(23)28)27(22)25(21)16-19/h4,6,8,10-13,16-17H,5,7,9,14-15H2,1-3H3/b6-4-,18-8-. The van der Waals surface area contributed by atoms with E-state index in [1.165, 1.54) is 43.8 Å². The Hall–Kier alpha value is -2.67. The number of aryl methyl sites for hydroxylation is 2. The van der Waals surface area contributed by atoms with Gasteiger partial charge in [-0.2, -0.15) is 0 Å². The van der Waals surface area contributed by atoms with Gasteiger partial charge in [0.05, 0.1) is 0 Å². The third-order valence-electron chi connectivity index (χ3n) is 5.89. The van der Waals surface area contributed by atoms with E-state index in [1.807, 2.05) is 0 Å². The van der Waals surface area contributed by atoms with Crippen LogP contribution in [0.4, 0.5) is 0 Å². The summed E-state index contributed by atoms with van der Waals surface area (Å²) >= 11 is 0. The molecule has 3 aromatic carbocycles. The van der Waals surface area contributed by atoms with Crippen molar-refractivity contribution in [1.82, 2.24) is 0 Å². The van der Waals surface area contributed by atoms with Crippen molar-refractivity contribution in [1.29, 1.82) is 0 Å². The second-order valence-electron chi connectivity index (χ2n) is 7.93. The number of rotatable bonds is 5. The van der Waals surface area contributed by atoms with Crippen molar-refractivity contribution in [3.05, 3.63) is 82.5 Å². The third kappa shape index (κ3) is 3.30. The molecule has 1 nitrogen and oxygen atoms in total. The predicted molar refractivity (Wildman–Crippen MR) is 120 cm³/mol. The van der Waals surface area contributed by atoms with E-state index in [4.69, 9.17) is 0 Å². The summed E-state index contributed by atoms with van der Waals surface area (Å²) in [6.07, 6.45) is 11.2. The van der Waals surface area contributed by atoms with E-state index in [1.54, 1.807) is 0 Å². The SMILES string of the molecule is C/C=C\C(C)=C/Cc1ccc2cc(CCC)c3ccc4c(c3c2c1)CCC4=O. The summed E-state index contributed by atoms with van der Waals surface area (Å²) in [6, 6.07) is 13.5. The molecule has 0 atom stereocenters. The maximum absolute atomic E-state index is 12.3. The van der Waals surface area contributed by atoms with Crippen LogP contribution in [0.5, 0.6) is 0 Å². The lowest BCUT2D eigenvalue weighted by Gasteiger charge is -2.14. The highest BCUT2D eigenvalue weighted by atomic mass is 16.1. The molecule has 142 valence electrons. The second kappa shape index (κ2) is 7.75. The number of ketones is 1. The first-order valence-corrected chi connectivity index (χ1v) is 10.4. The van der Waals surface area contributed by atoms with Crippen LogP contribution in [0.25, 0.3) is 21.5 Å². The highest BCUT2D eigenvalue weighted by Crippen LogP contribution is 2.37. The minimum Gasteiger partial charge on any atom is -0.294 e. The van der Waals surface area contributed by atoms with Crippen LogP contribution in [0.3, 0.4) is 0 Å². The summed E-state index contributed by atoms with van der Waals surface area (Å²) in [4.78, 5) is 12.3. The van der Waals surface area contributed by atoms with Crippen LogP contribution >= 0.6 is 0 Å². The molecule has 1 heteroatoms. The first-order chi connectivity index (χ1) is 13.6. The van der Waals surface area contributed by atoms with Gasteiger partial charge in [0.2, 0.25) is 0 Å². The molecule has 0 unspecified atom stereocenters. The van der Waals surface area contributed by atoms with Gasteiger partial charge in [0.25, 0.3) is 0 Å². The van der Waals surface area contributed by atoms with Gasteiger partial charge in [-0.3, -0.25) is 4.79 Å². The van der Waals surface area contributed by atoms with Crippen LogP contribution in [-0.4, -0.2) is 5.78 Å². The molecule has 28 heavy (non-hydrogen) atoms. The Morgan fingerprint density at radius 3 is 2.71 bits per heavy atom. The van der Waals surface area contributed by atoms with Crippen molar-refractivity contribution >= 4 is 27.3 Å². The molecule has 0 saturated heterocycles. The first-order valence-electron chi connectivity index (χ1n) is 10.4. The fourth-order valence-corrected chi connectivity index (χ4v) is 4.54. The van der Waals surface area contributed by atoms with E-state index in [-0.39, 0.29) is 0 Å². The Morgan fingerprint density at radius 1 is 1.07 bits per heavy atom. The molecule has 0 aliphatic heterocycles. The lowest BCUT2D eigenvalue weighted by molar-refractivity contribution is 0.0994. The number of allylic oxidation sites excluding steroid dienone is 4. The van der Waals surface area contributed by atoms with Crippen molar-refractivity contribution < 1.29 is 4.79 Å². The van der Waals surface area contributed by atoms with Gasteiger partial charge in [0.1, 0.15) is 0 Å². The molecule has 0 N–H and O–H groups in total. The monoisotopic (exact) mass is 368 g/mol. The van der Waals surface area contributed by atoms with E-state index < -0.39 is 0 Å². The fraction of sp³-hybridized carbons (Fsp3) is 0.296. The topological polar surface area (TPSA) is 17.1 Å². The summed E-state index contributed by atoms with van der Waals surface area (Å²) in [5.74, 6) is 0.298. The predicted octanol–water partition coefficient (Wildman–Crippen LogP) is 7.14. The fourth-order valence-electron chi connectivity index (χ4n) is 4.54. The van der Waals surface area contributed by atoms with Crippen LogP contribution in [0, 0.1) is 0 Å². The van der Waals surface area contributed by atoms with Gasteiger partial charge < -0.3 is 0 Å². The number of hydrogen-bond acceptors (Lipinski definition) is 1. The zero-order valence-electron chi connectivity index (χ0n) is 17.1. The molecular weight excluding hydrogens is 340 g/mol. The Labute approximate surface area is 167 Å². The second-order valence-corrected chi connectivity index (χ2v) is 7.93. The molecule has 0 radical (unpaired) electrons. The zero-order chi connectivity index (χ0) is 19.7. The number of carbonyl (C=O) groups is 1. The van der Waals surface area contributed by atoms with Crippen molar-refractivity contribution in [2.75, 3.05) is 0 Å². The van der Waals surface area contributed by atoms with Crippen molar-refractivity contribution in [2.24, 2.45) is 0 Å². The van der Waals surface area contributed by atoms with E-state index in [9.17, 15) is 4.79 Å². The van der Waals surface area contributed by atoms with Gasteiger partial charge >= 0.3 is 0 Å². The lowest BCUT2D eigenvalue weighted by Crippen LogP contribution is -1.95. The van der Waals surface area contributed by atoms with Gasteiger partial charge in [-0.15, -0.1) is 0 Å². The van der Waals surface area contributed by atoms with Crippen molar-refractivity contribution in [3.63, 3.8) is 0 Å². The maximum atomic E-state index is 12.3. The highest BCUT2D eigenvalue weighted by Gasteiger charge is 2.23. The molecule has 1 aliphatic carbocycles. The van der Waals surface area contributed by atoms with E-state index in [0.717, 1.165) is 31.2 Å². The van der Waals surface area contributed by atoms with Gasteiger partial charge in [-0.1, -0.05) is 73.5 Å². The normalized spacial score (nSPS) is 14.5. The minimum atomic E-state index is 0.298. The van der Waals surface area contributed by atoms with Crippen LogP contribution in [0.2, 0.25) is 0 Å². The number of hydrogen-bond donors (Lipinski definition) is 0. The Balaban J connectivity index is 1.95. The highest BCUT2D eigenvalue weighted by molar-refractivity contribution is 6.15. The van der Waals surface area contributed by atoms with Crippen LogP contribution in [-0.2, 0) is 19.3 Å². The molecule has 0 bridgehead atoms. The van der Waals surface area contributed by atoms with Crippen LogP contribution < -0.4 is 0 Å². The van der Waals surface area contributed by atoms with Crippen molar-refractivity contribution in [2.45, 2.75) is 52.9 Å². The maximum Gasteiger partial charge on any atom is 0.163 e. The summed E-state index contributed by atoms with van der Waals surface area (Å²) in [5, 5.41) is 5.25. The lowest BCUT2D eigenvalue weighted by atomic mass is 9.89. The van der Waals surface area contributed by atoms with E-state index in [2.05, 4.69) is 75.4 Å². The molecule has 0 aromatic heterocycles. The quantitative estimate of drug-likeness (QED) is 0.345. The Morgan fingerprint density at radius 2 is 1.93 bits per heavy atom. The minimum absolute atomic E-state index is 0.298. The number of fused-ring (bicyclic) bond motifs is 5. The number of Topliss-reactive ketones (excluding diaryl/α,β-unsaturated/α-hetero) is 1.